The van der Waals surface area contributed by atoms with Crippen molar-refractivity contribution >= 4 is 21.6 Å². The first kappa shape index (κ1) is 11.9. The highest BCUT2D eigenvalue weighted by Crippen LogP contribution is 2.29. The maximum atomic E-state index is 3.67. The number of rotatable bonds is 3. The Bertz CT molecular complexity index is 357. The summed E-state index contributed by atoms with van der Waals surface area (Å²) in [5.41, 5.74) is 2.75. The molecule has 88 valence electrons. The van der Waals surface area contributed by atoms with Gasteiger partial charge >= 0.3 is 0 Å². The van der Waals surface area contributed by atoms with Gasteiger partial charge < -0.3 is 10.2 Å². The third-order valence-corrected chi connectivity index (χ3v) is 3.93. The quantitative estimate of drug-likeness (QED) is 0.917. The first-order chi connectivity index (χ1) is 7.68. The van der Waals surface area contributed by atoms with E-state index < -0.39 is 0 Å². The highest BCUT2D eigenvalue weighted by atomic mass is 79.9. The number of anilines is 1. The fourth-order valence-electron chi connectivity index (χ4n) is 2.35. The van der Waals surface area contributed by atoms with Crippen LogP contribution in [0.5, 0.6) is 0 Å². The van der Waals surface area contributed by atoms with Gasteiger partial charge in [-0.25, -0.2) is 0 Å². The van der Waals surface area contributed by atoms with Gasteiger partial charge in [0.05, 0.1) is 0 Å². The molecule has 1 aliphatic heterocycles. The molecule has 1 saturated heterocycles. The first-order valence-electron chi connectivity index (χ1n) is 5.86. The summed E-state index contributed by atoms with van der Waals surface area (Å²) in [7, 11) is 4.21. The van der Waals surface area contributed by atoms with Gasteiger partial charge in [-0.1, -0.05) is 22.0 Å². The molecule has 0 radical (unpaired) electrons. The van der Waals surface area contributed by atoms with E-state index in [0.29, 0.717) is 6.04 Å². The minimum Gasteiger partial charge on any atom is -0.377 e. The Hall–Kier alpha value is -0.540. The van der Waals surface area contributed by atoms with E-state index in [1.165, 1.54) is 35.1 Å². The molecule has 1 aromatic rings. The van der Waals surface area contributed by atoms with E-state index in [2.05, 4.69) is 58.4 Å². The number of nitrogens with one attached hydrogen (secondary N) is 1. The Kier molecular flexibility index (Phi) is 3.87. The third kappa shape index (κ3) is 2.58. The molecule has 1 N–H and O–H groups in total. The molecule has 1 atom stereocenters. The smallest absolute Gasteiger partial charge is 0.0405 e. The molecule has 1 fully saturated rings. The standard InChI is InChI=1S/C13H19BrN2/c1-16(2)13-7-3-6-12(14)11(13)9-10-5-4-8-15-10/h3,6-7,10,15H,4-5,8-9H2,1-2H3. The zero-order valence-electron chi connectivity index (χ0n) is 9.96. The van der Waals surface area contributed by atoms with E-state index in [1.54, 1.807) is 0 Å². The average molecular weight is 283 g/mol. The largest absolute Gasteiger partial charge is 0.377 e. The van der Waals surface area contributed by atoms with E-state index in [4.69, 9.17) is 0 Å². The van der Waals surface area contributed by atoms with Crippen molar-refractivity contribution in [1.29, 1.82) is 0 Å². The third-order valence-electron chi connectivity index (χ3n) is 3.19. The molecule has 1 unspecified atom stereocenters. The van der Waals surface area contributed by atoms with E-state index >= 15 is 0 Å². The minimum absolute atomic E-state index is 0.650. The van der Waals surface area contributed by atoms with Gasteiger partial charge in [0.25, 0.3) is 0 Å². The Morgan fingerprint density at radius 2 is 2.25 bits per heavy atom. The SMILES string of the molecule is CN(C)c1cccc(Br)c1CC1CCCN1. The second kappa shape index (κ2) is 5.19. The lowest BCUT2D eigenvalue weighted by molar-refractivity contribution is 0.602. The van der Waals surface area contributed by atoms with Crippen molar-refractivity contribution < 1.29 is 0 Å². The van der Waals surface area contributed by atoms with Crippen LogP contribution in [0.15, 0.2) is 22.7 Å². The van der Waals surface area contributed by atoms with Gasteiger partial charge in [-0.05, 0) is 43.5 Å². The van der Waals surface area contributed by atoms with Crippen LogP contribution < -0.4 is 10.2 Å². The predicted molar refractivity (Wildman–Crippen MR) is 73.2 cm³/mol. The maximum absolute atomic E-state index is 3.67. The van der Waals surface area contributed by atoms with Gasteiger partial charge in [-0.3, -0.25) is 0 Å². The zero-order valence-corrected chi connectivity index (χ0v) is 11.5. The lowest BCUT2D eigenvalue weighted by Gasteiger charge is -2.21. The van der Waals surface area contributed by atoms with Crippen LogP contribution in [-0.4, -0.2) is 26.7 Å². The van der Waals surface area contributed by atoms with E-state index in [0.717, 1.165) is 6.42 Å². The molecule has 1 heterocycles. The number of hydrogen-bond acceptors (Lipinski definition) is 2. The van der Waals surface area contributed by atoms with E-state index in [1.807, 2.05) is 0 Å². The molecule has 16 heavy (non-hydrogen) atoms. The van der Waals surface area contributed by atoms with Crippen molar-refractivity contribution in [3.05, 3.63) is 28.2 Å². The monoisotopic (exact) mass is 282 g/mol. The highest BCUT2D eigenvalue weighted by Gasteiger charge is 2.18. The summed E-state index contributed by atoms with van der Waals surface area (Å²) in [5.74, 6) is 0. The lowest BCUT2D eigenvalue weighted by Crippen LogP contribution is -2.25. The summed E-state index contributed by atoms with van der Waals surface area (Å²) in [5, 5.41) is 3.56. The Morgan fingerprint density at radius 3 is 2.88 bits per heavy atom. The number of nitrogens with zero attached hydrogens (tertiary/aromatic N) is 1. The van der Waals surface area contributed by atoms with Gasteiger partial charge in [0.2, 0.25) is 0 Å². The van der Waals surface area contributed by atoms with Crippen molar-refractivity contribution in [2.45, 2.75) is 25.3 Å². The van der Waals surface area contributed by atoms with Gasteiger partial charge in [0.15, 0.2) is 0 Å². The van der Waals surface area contributed by atoms with Gasteiger partial charge in [-0.2, -0.15) is 0 Å². The Morgan fingerprint density at radius 1 is 1.44 bits per heavy atom. The van der Waals surface area contributed by atoms with Crippen LogP contribution in [-0.2, 0) is 6.42 Å². The minimum atomic E-state index is 0.650. The van der Waals surface area contributed by atoms with Crippen LogP contribution in [0.2, 0.25) is 0 Å². The molecule has 2 rings (SSSR count). The Balaban J connectivity index is 2.23. The summed E-state index contributed by atoms with van der Waals surface area (Å²) in [6, 6.07) is 7.08. The van der Waals surface area contributed by atoms with Crippen molar-refractivity contribution in [3.63, 3.8) is 0 Å². The van der Waals surface area contributed by atoms with Gasteiger partial charge in [-0.15, -0.1) is 0 Å². The fourth-order valence-corrected chi connectivity index (χ4v) is 2.86. The van der Waals surface area contributed by atoms with E-state index in [-0.39, 0.29) is 0 Å². The maximum Gasteiger partial charge on any atom is 0.0405 e. The first-order valence-corrected chi connectivity index (χ1v) is 6.66. The van der Waals surface area contributed by atoms with Crippen LogP contribution >= 0.6 is 15.9 Å². The van der Waals surface area contributed by atoms with Crippen molar-refractivity contribution in [2.75, 3.05) is 25.5 Å². The highest BCUT2D eigenvalue weighted by molar-refractivity contribution is 9.10. The second-order valence-electron chi connectivity index (χ2n) is 4.63. The molecule has 0 bridgehead atoms. The van der Waals surface area contributed by atoms with Crippen LogP contribution in [0.25, 0.3) is 0 Å². The molecule has 3 heteroatoms. The van der Waals surface area contributed by atoms with Gasteiger partial charge in [0.1, 0.15) is 0 Å². The molecular formula is C13H19BrN2. The molecule has 2 nitrogen and oxygen atoms in total. The van der Waals surface area contributed by atoms with E-state index in [9.17, 15) is 0 Å². The van der Waals surface area contributed by atoms with Crippen LogP contribution in [0.1, 0.15) is 18.4 Å². The molecule has 0 aliphatic carbocycles. The van der Waals surface area contributed by atoms with Crippen LogP contribution in [0.3, 0.4) is 0 Å². The van der Waals surface area contributed by atoms with Crippen molar-refractivity contribution in [3.8, 4) is 0 Å². The molecule has 0 aromatic heterocycles. The van der Waals surface area contributed by atoms with Gasteiger partial charge in [0, 0.05) is 30.3 Å². The summed E-state index contributed by atoms with van der Waals surface area (Å²) in [6.45, 7) is 1.17. The molecule has 1 aliphatic rings. The summed E-state index contributed by atoms with van der Waals surface area (Å²) in [6.07, 6.45) is 3.73. The fraction of sp³-hybridized carbons (Fsp3) is 0.538. The van der Waals surface area contributed by atoms with Crippen molar-refractivity contribution in [2.24, 2.45) is 0 Å². The lowest BCUT2D eigenvalue weighted by atomic mass is 10.0. The number of halogens is 1. The molecule has 0 saturated carbocycles. The topological polar surface area (TPSA) is 15.3 Å². The molecule has 1 aromatic carbocycles. The average Bonchev–Trinajstić information content (AvgIpc) is 2.73. The summed E-state index contributed by atoms with van der Waals surface area (Å²) < 4.78 is 1.23. The molecule has 0 spiro atoms. The molecule has 0 amide bonds. The van der Waals surface area contributed by atoms with Crippen molar-refractivity contribution in [1.82, 2.24) is 5.32 Å². The Labute approximate surface area is 106 Å². The number of benzene rings is 1. The predicted octanol–water partition coefficient (Wildman–Crippen LogP) is 2.81. The summed E-state index contributed by atoms with van der Waals surface area (Å²) >= 11 is 3.67. The summed E-state index contributed by atoms with van der Waals surface area (Å²) in [4.78, 5) is 2.19. The zero-order chi connectivity index (χ0) is 11.5. The van der Waals surface area contributed by atoms with Crippen LogP contribution in [0.4, 0.5) is 5.69 Å². The second-order valence-corrected chi connectivity index (χ2v) is 5.48. The number of hydrogen-bond donors (Lipinski definition) is 1. The van der Waals surface area contributed by atoms with Crippen LogP contribution in [0, 0.1) is 0 Å². The normalized spacial score (nSPS) is 20.1. The molecular weight excluding hydrogens is 264 g/mol.